The van der Waals surface area contributed by atoms with Crippen LogP contribution in [0.3, 0.4) is 0 Å². The van der Waals surface area contributed by atoms with Crippen LogP contribution in [0.1, 0.15) is 17.0 Å². The number of nitrogens with one attached hydrogen (secondary N) is 1. The molecule has 2 aromatic rings. The number of halogens is 1. The van der Waals surface area contributed by atoms with Gasteiger partial charge in [-0.2, -0.15) is 5.26 Å². The lowest BCUT2D eigenvalue weighted by molar-refractivity contribution is 1.06. The van der Waals surface area contributed by atoms with Crippen LogP contribution in [-0.2, 0) is 0 Å². The van der Waals surface area contributed by atoms with Gasteiger partial charge in [0, 0.05) is 11.8 Å². The molecule has 0 radical (unpaired) electrons. The summed E-state index contributed by atoms with van der Waals surface area (Å²) >= 11 is 5.87. The molecule has 0 amide bonds. The molecule has 1 heterocycles. The molecule has 1 N–H and O–H groups in total. The van der Waals surface area contributed by atoms with Gasteiger partial charge >= 0.3 is 0 Å². The van der Waals surface area contributed by atoms with Gasteiger partial charge in [-0.05, 0) is 31.5 Å². The van der Waals surface area contributed by atoms with Gasteiger partial charge < -0.3 is 5.32 Å². The molecular formula is C13H11ClN4. The van der Waals surface area contributed by atoms with Crippen LogP contribution >= 0.6 is 11.6 Å². The molecule has 0 fully saturated rings. The Morgan fingerprint density at radius 1 is 1.22 bits per heavy atom. The highest BCUT2D eigenvalue weighted by Gasteiger charge is 2.04. The van der Waals surface area contributed by atoms with Crippen LogP contribution in [0.2, 0.25) is 5.15 Å². The number of nitriles is 1. The minimum absolute atomic E-state index is 0.388. The van der Waals surface area contributed by atoms with Crippen molar-refractivity contribution in [3.05, 3.63) is 46.4 Å². The van der Waals surface area contributed by atoms with Crippen molar-refractivity contribution in [1.29, 1.82) is 5.26 Å². The van der Waals surface area contributed by atoms with E-state index in [4.69, 9.17) is 16.9 Å². The number of anilines is 2. The standard InChI is InChI=1S/C13H11ClN4/c1-8-3-4-10(7-15)5-11(8)18-13-6-12(14)16-9(2)17-13/h3-6H,1-2H3,(H,16,17,18). The summed E-state index contributed by atoms with van der Waals surface area (Å²) in [6.45, 7) is 3.73. The first-order valence-electron chi connectivity index (χ1n) is 5.37. The Morgan fingerprint density at radius 2 is 2.00 bits per heavy atom. The Balaban J connectivity index is 2.36. The maximum Gasteiger partial charge on any atom is 0.135 e. The van der Waals surface area contributed by atoms with E-state index in [1.54, 1.807) is 25.1 Å². The zero-order chi connectivity index (χ0) is 13.1. The molecule has 2 rings (SSSR count). The highest BCUT2D eigenvalue weighted by Crippen LogP contribution is 2.22. The Hall–Kier alpha value is -2.12. The molecule has 1 aromatic heterocycles. The summed E-state index contributed by atoms with van der Waals surface area (Å²) in [6.07, 6.45) is 0. The maximum absolute atomic E-state index is 8.88. The number of hydrogen-bond donors (Lipinski definition) is 1. The monoisotopic (exact) mass is 258 g/mol. The Kier molecular flexibility index (Phi) is 3.45. The lowest BCUT2D eigenvalue weighted by Crippen LogP contribution is -1.99. The molecule has 0 aliphatic rings. The smallest absolute Gasteiger partial charge is 0.135 e. The van der Waals surface area contributed by atoms with Crippen molar-refractivity contribution in [2.45, 2.75) is 13.8 Å². The molecule has 1 aromatic carbocycles. The van der Waals surface area contributed by atoms with Crippen molar-refractivity contribution in [2.75, 3.05) is 5.32 Å². The van der Waals surface area contributed by atoms with Crippen LogP contribution in [0.4, 0.5) is 11.5 Å². The second kappa shape index (κ2) is 5.03. The number of hydrogen-bond acceptors (Lipinski definition) is 4. The van der Waals surface area contributed by atoms with Gasteiger partial charge in [0.1, 0.15) is 16.8 Å². The molecule has 5 heteroatoms. The highest BCUT2D eigenvalue weighted by molar-refractivity contribution is 6.29. The van der Waals surface area contributed by atoms with Gasteiger partial charge in [0.25, 0.3) is 0 Å². The summed E-state index contributed by atoms with van der Waals surface area (Å²) in [6, 6.07) is 9.19. The number of nitrogens with zero attached hydrogens (tertiary/aromatic N) is 3. The van der Waals surface area contributed by atoms with E-state index in [1.807, 2.05) is 13.0 Å². The lowest BCUT2D eigenvalue weighted by atomic mass is 10.1. The first kappa shape index (κ1) is 12.3. The summed E-state index contributed by atoms with van der Waals surface area (Å²) in [7, 11) is 0. The summed E-state index contributed by atoms with van der Waals surface area (Å²) in [5, 5.41) is 12.4. The number of benzene rings is 1. The summed E-state index contributed by atoms with van der Waals surface area (Å²) < 4.78 is 0. The fourth-order valence-electron chi connectivity index (χ4n) is 1.56. The van der Waals surface area contributed by atoms with Crippen molar-refractivity contribution in [3.8, 4) is 6.07 Å². The van der Waals surface area contributed by atoms with Gasteiger partial charge in [-0.1, -0.05) is 17.7 Å². The molecule has 0 bridgehead atoms. The van der Waals surface area contributed by atoms with Crippen molar-refractivity contribution < 1.29 is 0 Å². The first-order valence-corrected chi connectivity index (χ1v) is 5.75. The van der Waals surface area contributed by atoms with Crippen LogP contribution < -0.4 is 5.32 Å². The van der Waals surface area contributed by atoms with Crippen LogP contribution in [0.5, 0.6) is 0 Å². The fourth-order valence-corrected chi connectivity index (χ4v) is 1.79. The SMILES string of the molecule is Cc1nc(Cl)cc(Nc2cc(C#N)ccc2C)n1. The third kappa shape index (κ3) is 2.76. The summed E-state index contributed by atoms with van der Waals surface area (Å²) in [4.78, 5) is 8.23. The van der Waals surface area contributed by atoms with Crippen molar-refractivity contribution >= 4 is 23.1 Å². The van der Waals surface area contributed by atoms with E-state index < -0.39 is 0 Å². The third-order valence-electron chi connectivity index (χ3n) is 2.44. The van der Waals surface area contributed by atoms with E-state index in [2.05, 4.69) is 21.4 Å². The minimum atomic E-state index is 0.388. The zero-order valence-corrected chi connectivity index (χ0v) is 10.8. The molecule has 18 heavy (non-hydrogen) atoms. The lowest BCUT2D eigenvalue weighted by Gasteiger charge is -2.09. The third-order valence-corrected chi connectivity index (χ3v) is 2.63. The van der Waals surface area contributed by atoms with E-state index in [0.717, 1.165) is 11.3 Å². The largest absolute Gasteiger partial charge is 0.340 e. The quantitative estimate of drug-likeness (QED) is 0.839. The molecule has 0 atom stereocenters. The second-order valence-corrected chi connectivity index (χ2v) is 4.28. The van der Waals surface area contributed by atoms with Crippen LogP contribution in [0, 0.1) is 25.2 Å². The Morgan fingerprint density at radius 3 is 2.67 bits per heavy atom. The topological polar surface area (TPSA) is 61.6 Å². The van der Waals surface area contributed by atoms with Gasteiger partial charge in [0.05, 0.1) is 11.6 Å². The molecule has 4 nitrogen and oxygen atoms in total. The predicted molar refractivity (Wildman–Crippen MR) is 71.0 cm³/mol. The summed E-state index contributed by atoms with van der Waals surface area (Å²) in [5.41, 5.74) is 2.46. The number of rotatable bonds is 2. The average molecular weight is 259 g/mol. The van der Waals surface area contributed by atoms with E-state index >= 15 is 0 Å². The first-order chi connectivity index (χ1) is 8.58. The minimum Gasteiger partial charge on any atom is -0.340 e. The number of aromatic nitrogens is 2. The normalized spacial score (nSPS) is 9.89. The maximum atomic E-state index is 8.88. The van der Waals surface area contributed by atoms with Gasteiger partial charge in [-0.25, -0.2) is 9.97 Å². The molecule has 0 saturated carbocycles. The van der Waals surface area contributed by atoms with Crippen LogP contribution in [0.25, 0.3) is 0 Å². The van der Waals surface area contributed by atoms with Gasteiger partial charge in [0.2, 0.25) is 0 Å². The van der Waals surface area contributed by atoms with E-state index in [0.29, 0.717) is 22.4 Å². The van der Waals surface area contributed by atoms with Gasteiger partial charge in [-0.15, -0.1) is 0 Å². The van der Waals surface area contributed by atoms with Gasteiger partial charge in [0.15, 0.2) is 0 Å². The predicted octanol–water partition coefficient (Wildman–Crippen LogP) is 3.36. The summed E-state index contributed by atoms with van der Waals surface area (Å²) in [5.74, 6) is 1.21. The molecule has 0 unspecified atom stereocenters. The molecule has 90 valence electrons. The molecule has 0 aliphatic heterocycles. The highest BCUT2D eigenvalue weighted by atomic mass is 35.5. The van der Waals surface area contributed by atoms with E-state index in [9.17, 15) is 0 Å². The Labute approximate surface area is 110 Å². The molecular weight excluding hydrogens is 248 g/mol. The van der Waals surface area contributed by atoms with E-state index in [1.165, 1.54) is 0 Å². The second-order valence-electron chi connectivity index (χ2n) is 3.89. The van der Waals surface area contributed by atoms with Crippen molar-refractivity contribution in [1.82, 2.24) is 9.97 Å². The van der Waals surface area contributed by atoms with Gasteiger partial charge in [-0.3, -0.25) is 0 Å². The molecule has 0 aliphatic carbocycles. The van der Waals surface area contributed by atoms with E-state index in [-0.39, 0.29) is 0 Å². The van der Waals surface area contributed by atoms with Crippen LogP contribution in [-0.4, -0.2) is 9.97 Å². The zero-order valence-electron chi connectivity index (χ0n) is 10.0. The fraction of sp³-hybridized carbons (Fsp3) is 0.154. The van der Waals surface area contributed by atoms with Crippen molar-refractivity contribution in [3.63, 3.8) is 0 Å². The number of aryl methyl sites for hydroxylation is 2. The molecule has 0 saturated heterocycles. The van der Waals surface area contributed by atoms with Crippen LogP contribution in [0.15, 0.2) is 24.3 Å². The average Bonchev–Trinajstić information content (AvgIpc) is 2.30. The van der Waals surface area contributed by atoms with Crippen molar-refractivity contribution in [2.24, 2.45) is 0 Å². The molecule has 0 spiro atoms. The Bertz CT molecular complexity index is 611.